The molecule has 0 radical (unpaired) electrons. The van der Waals surface area contributed by atoms with Crippen molar-refractivity contribution < 1.29 is 18.0 Å². The van der Waals surface area contributed by atoms with Crippen LogP contribution in [0.15, 0.2) is 29.3 Å². The lowest BCUT2D eigenvalue weighted by molar-refractivity contribution is -0.137. The summed E-state index contributed by atoms with van der Waals surface area (Å²) in [6.45, 7) is 1.38. The molecule has 3 N–H and O–H groups in total. The SMILES string of the molecule is O=C1NC(Nc2cccc(C(F)(F)F)c2)=NC12CCNCC2. The number of rotatable bonds is 1. The number of alkyl halides is 3. The van der Waals surface area contributed by atoms with E-state index in [1.807, 2.05) is 0 Å². The largest absolute Gasteiger partial charge is 0.416 e. The standard InChI is InChI=1S/C14H15F3N4O/c15-14(16,17)9-2-1-3-10(8-9)19-12-20-11(22)13(21-12)4-6-18-7-5-13/h1-3,8,18H,4-7H2,(H2,19,20,21,22). The number of anilines is 1. The highest BCUT2D eigenvalue weighted by Crippen LogP contribution is 2.31. The number of nitrogens with zero attached hydrogens (tertiary/aromatic N) is 1. The molecule has 1 aromatic rings. The van der Waals surface area contributed by atoms with E-state index in [9.17, 15) is 18.0 Å². The first-order valence-electron chi connectivity index (χ1n) is 6.95. The number of aliphatic imine (C=N–C) groups is 1. The first kappa shape index (κ1) is 14.8. The Morgan fingerprint density at radius 1 is 1.23 bits per heavy atom. The van der Waals surface area contributed by atoms with Gasteiger partial charge in [-0.3, -0.25) is 10.1 Å². The fourth-order valence-corrected chi connectivity index (χ4v) is 2.67. The third kappa shape index (κ3) is 2.78. The molecular formula is C14H15F3N4O. The van der Waals surface area contributed by atoms with Gasteiger partial charge >= 0.3 is 6.18 Å². The minimum Gasteiger partial charge on any atom is -0.326 e. The van der Waals surface area contributed by atoms with Gasteiger partial charge in [0.2, 0.25) is 5.96 Å². The average Bonchev–Trinajstić information content (AvgIpc) is 2.75. The van der Waals surface area contributed by atoms with Crippen LogP contribution in [0.2, 0.25) is 0 Å². The Kier molecular flexibility index (Phi) is 3.56. The highest BCUT2D eigenvalue weighted by atomic mass is 19.4. The maximum atomic E-state index is 12.7. The highest BCUT2D eigenvalue weighted by Gasteiger charge is 2.44. The fraction of sp³-hybridized carbons (Fsp3) is 0.429. The second-order valence-electron chi connectivity index (χ2n) is 5.40. The quantitative estimate of drug-likeness (QED) is 0.740. The van der Waals surface area contributed by atoms with Crippen LogP contribution in [0.25, 0.3) is 0 Å². The zero-order chi connectivity index (χ0) is 15.8. The predicted octanol–water partition coefficient (Wildman–Crippen LogP) is 1.73. The first-order chi connectivity index (χ1) is 10.4. The van der Waals surface area contributed by atoms with Crippen LogP contribution in [-0.4, -0.2) is 30.5 Å². The van der Waals surface area contributed by atoms with Gasteiger partial charge in [-0.05, 0) is 44.1 Å². The van der Waals surface area contributed by atoms with Crippen molar-refractivity contribution in [1.82, 2.24) is 10.6 Å². The monoisotopic (exact) mass is 312 g/mol. The van der Waals surface area contributed by atoms with Crippen LogP contribution in [0.5, 0.6) is 0 Å². The highest BCUT2D eigenvalue weighted by molar-refractivity contribution is 6.12. The molecule has 0 bridgehead atoms. The number of benzene rings is 1. The Hall–Kier alpha value is -2.09. The number of nitrogens with one attached hydrogen (secondary N) is 3. The topological polar surface area (TPSA) is 65.5 Å². The van der Waals surface area contributed by atoms with E-state index in [0.717, 1.165) is 12.1 Å². The van der Waals surface area contributed by atoms with Gasteiger partial charge in [0.05, 0.1) is 5.56 Å². The van der Waals surface area contributed by atoms with Crippen molar-refractivity contribution in [2.45, 2.75) is 24.6 Å². The molecule has 2 aliphatic rings. The maximum Gasteiger partial charge on any atom is 0.416 e. The minimum absolute atomic E-state index is 0.200. The number of halogens is 3. The molecule has 8 heteroatoms. The van der Waals surface area contributed by atoms with E-state index in [-0.39, 0.29) is 17.6 Å². The number of hydrogen-bond acceptors (Lipinski definition) is 4. The molecule has 1 spiro atoms. The number of carbonyl (C=O) groups excluding carboxylic acids is 1. The molecule has 1 aromatic carbocycles. The minimum atomic E-state index is -4.41. The van der Waals surface area contributed by atoms with Gasteiger partial charge in [0, 0.05) is 5.69 Å². The molecule has 0 unspecified atom stereocenters. The maximum absolute atomic E-state index is 12.7. The van der Waals surface area contributed by atoms with Crippen molar-refractivity contribution in [3.05, 3.63) is 29.8 Å². The van der Waals surface area contributed by atoms with Gasteiger partial charge in [0.15, 0.2) is 0 Å². The smallest absolute Gasteiger partial charge is 0.326 e. The van der Waals surface area contributed by atoms with E-state index in [2.05, 4.69) is 20.9 Å². The van der Waals surface area contributed by atoms with Crippen LogP contribution in [0.4, 0.5) is 18.9 Å². The second-order valence-corrected chi connectivity index (χ2v) is 5.40. The third-order valence-corrected chi connectivity index (χ3v) is 3.86. The number of carbonyl (C=O) groups is 1. The van der Waals surface area contributed by atoms with Crippen LogP contribution in [0.3, 0.4) is 0 Å². The molecule has 0 aromatic heterocycles. The number of hydrogen-bond donors (Lipinski definition) is 3. The molecule has 1 amide bonds. The normalized spacial score (nSPS) is 20.7. The summed E-state index contributed by atoms with van der Waals surface area (Å²) in [5.41, 5.74) is -1.31. The molecule has 0 atom stereocenters. The van der Waals surface area contributed by atoms with Gasteiger partial charge in [0.25, 0.3) is 5.91 Å². The number of piperidine rings is 1. The Bertz CT molecular complexity index is 621. The van der Waals surface area contributed by atoms with E-state index in [4.69, 9.17) is 0 Å². The van der Waals surface area contributed by atoms with Crippen LogP contribution in [-0.2, 0) is 11.0 Å². The van der Waals surface area contributed by atoms with E-state index >= 15 is 0 Å². The number of guanidine groups is 1. The second kappa shape index (κ2) is 5.28. The van der Waals surface area contributed by atoms with Crippen LogP contribution < -0.4 is 16.0 Å². The van der Waals surface area contributed by atoms with Gasteiger partial charge in [-0.25, -0.2) is 4.99 Å². The lowest BCUT2D eigenvalue weighted by atomic mass is 9.89. The molecule has 2 aliphatic heterocycles. The summed E-state index contributed by atoms with van der Waals surface area (Å²) in [7, 11) is 0. The van der Waals surface area contributed by atoms with Gasteiger partial charge in [-0.15, -0.1) is 0 Å². The molecule has 2 heterocycles. The van der Waals surface area contributed by atoms with E-state index in [0.29, 0.717) is 25.9 Å². The number of amides is 1. The van der Waals surface area contributed by atoms with Crippen molar-refractivity contribution in [3.8, 4) is 0 Å². The van der Waals surface area contributed by atoms with E-state index < -0.39 is 17.3 Å². The van der Waals surface area contributed by atoms with Crippen LogP contribution >= 0.6 is 0 Å². The first-order valence-corrected chi connectivity index (χ1v) is 6.95. The molecule has 22 heavy (non-hydrogen) atoms. The molecule has 0 aliphatic carbocycles. The van der Waals surface area contributed by atoms with Crippen molar-refractivity contribution in [3.63, 3.8) is 0 Å². The van der Waals surface area contributed by atoms with Gasteiger partial charge < -0.3 is 10.6 Å². The van der Waals surface area contributed by atoms with Gasteiger partial charge in [-0.2, -0.15) is 13.2 Å². The Balaban J connectivity index is 1.79. The van der Waals surface area contributed by atoms with Crippen LogP contribution in [0.1, 0.15) is 18.4 Å². The predicted molar refractivity (Wildman–Crippen MR) is 75.5 cm³/mol. The van der Waals surface area contributed by atoms with Crippen molar-refractivity contribution in [2.75, 3.05) is 18.4 Å². The Morgan fingerprint density at radius 3 is 2.64 bits per heavy atom. The molecule has 118 valence electrons. The van der Waals surface area contributed by atoms with Gasteiger partial charge in [0.1, 0.15) is 5.54 Å². The fourth-order valence-electron chi connectivity index (χ4n) is 2.67. The molecule has 0 saturated carbocycles. The molecule has 5 nitrogen and oxygen atoms in total. The molecule has 1 fully saturated rings. The summed E-state index contributed by atoms with van der Waals surface area (Å²) in [6, 6.07) is 4.79. The van der Waals surface area contributed by atoms with E-state index in [1.165, 1.54) is 12.1 Å². The summed E-state index contributed by atoms with van der Waals surface area (Å²) in [5.74, 6) is -0.00491. The molecular weight excluding hydrogens is 297 g/mol. The summed E-state index contributed by atoms with van der Waals surface area (Å²) < 4.78 is 38.1. The van der Waals surface area contributed by atoms with Crippen molar-refractivity contribution in [2.24, 2.45) is 4.99 Å². The summed E-state index contributed by atoms with van der Waals surface area (Å²) >= 11 is 0. The lowest BCUT2D eigenvalue weighted by Gasteiger charge is -2.27. The van der Waals surface area contributed by atoms with Crippen LogP contribution in [0, 0.1) is 0 Å². The summed E-state index contributed by atoms with van der Waals surface area (Å²) in [6.07, 6.45) is -3.26. The average molecular weight is 312 g/mol. The van der Waals surface area contributed by atoms with Crippen molar-refractivity contribution >= 4 is 17.6 Å². The Morgan fingerprint density at radius 2 is 1.95 bits per heavy atom. The molecule has 1 saturated heterocycles. The van der Waals surface area contributed by atoms with E-state index in [1.54, 1.807) is 0 Å². The molecule has 3 rings (SSSR count). The summed E-state index contributed by atoms with van der Waals surface area (Å²) in [5, 5.41) is 8.52. The third-order valence-electron chi connectivity index (χ3n) is 3.86. The zero-order valence-corrected chi connectivity index (χ0v) is 11.6. The summed E-state index contributed by atoms with van der Waals surface area (Å²) in [4.78, 5) is 16.5. The van der Waals surface area contributed by atoms with Gasteiger partial charge in [-0.1, -0.05) is 6.07 Å². The van der Waals surface area contributed by atoms with Crippen molar-refractivity contribution in [1.29, 1.82) is 0 Å². The Labute approximate surface area is 125 Å². The lowest BCUT2D eigenvalue weighted by Crippen LogP contribution is -2.47. The zero-order valence-electron chi connectivity index (χ0n) is 11.6.